The lowest BCUT2D eigenvalue weighted by Crippen LogP contribution is -2.30. The van der Waals surface area contributed by atoms with Gasteiger partial charge in [0.1, 0.15) is 0 Å². The normalized spacial score (nSPS) is 15.1. The highest BCUT2D eigenvalue weighted by Crippen LogP contribution is 2.56. The van der Waals surface area contributed by atoms with Crippen LogP contribution in [-0.4, -0.2) is 50.3 Å². The van der Waals surface area contributed by atoms with Gasteiger partial charge < -0.3 is 27.8 Å². The molecule has 8 N–H and O–H groups in total. The average Bonchev–Trinajstić information content (AvgIpc) is 3.18. The summed E-state index contributed by atoms with van der Waals surface area (Å²) in [6.07, 6.45) is 17.6. The largest absolute Gasteiger partial charge is 0.352 e. The molecule has 2 amide bonds. The van der Waals surface area contributed by atoms with E-state index in [0.717, 1.165) is 145 Å². The van der Waals surface area contributed by atoms with Crippen molar-refractivity contribution in [1.82, 2.24) is 10.6 Å². The van der Waals surface area contributed by atoms with Gasteiger partial charge in [0.25, 0.3) is 11.8 Å². The molecule has 0 fully saturated rings. The Balaban J connectivity index is 1.35. The summed E-state index contributed by atoms with van der Waals surface area (Å²) in [6, 6.07) is 18.4. The van der Waals surface area contributed by atoms with Crippen molar-refractivity contribution in [1.29, 1.82) is 0 Å². The molecule has 0 heterocycles. The van der Waals surface area contributed by atoms with Gasteiger partial charge in [0, 0.05) is 48.0 Å². The van der Waals surface area contributed by atoms with Crippen LogP contribution in [0, 0.1) is 0 Å². The molecular formula is C45H63N5O3. The molecule has 0 spiro atoms. The first-order valence-electron chi connectivity index (χ1n) is 20.6. The first kappa shape index (κ1) is 40.3. The summed E-state index contributed by atoms with van der Waals surface area (Å²) in [5.74, 6) is -0.182. The summed E-state index contributed by atoms with van der Waals surface area (Å²) in [6.45, 7) is 3.47. The highest BCUT2D eigenvalue weighted by atomic mass is 16.2. The van der Waals surface area contributed by atoms with Crippen LogP contribution in [0.2, 0.25) is 0 Å². The van der Waals surface area contributed by atoms with Crippen LogP contribution in [0.1, 0.15) is 185 Å². The fourth-order valence-corrected chi connectivity index (χ4v) is 8.21. The second kappa shape index (κ2) is 21.1. The SMILES string of the molecule is NCCCCCCCCC(=O)c1ccc2c(c1)C1c3cc(C(=O)NCCCCCCCN)ccc3C2c2ccc(C(=O)NCCCCCCCN)cc21. The van der Waals surface area contributed by atoms with Crippen molar-refractivity contribution in [3.63, 3.8) is 0 Å². The maximum absolute atomic E-state index is 13.5. The average molecular weight is 722 g/mol. The molecule has 6 rings (SSSR count). The number of unbranched alkanes of at least 4 members (excludes halogenated alkanes) is 13. The molecule has 0 aliphatic heterocycles. The van der Waals surface area contributed by atoms with Crippen LogP contribution in [0.5, 0.6) is 0 Å². The molecule has 0 unspecified atom stereocenters. The number of carbonyl (C=O) groups is 3. The Morgan fingerprint density at radius 3 is 1.19 bits per heavy atom. The van der Waals surface area contributed by atoms with Gasteiger partial charge in [-0.25, -0.2) is 0 Å². The number of Topliss-reactive ketones (excluding diaryl/α,β-unsaturated/α-hetero) is 1. The highest BCUT2D eigenvalue weighted by molar-refractivity contribution is 5.98. The van der Waals surface area contributed by atoms with Crippen molar-refractivity contribution < 1.29 is 14.4 Å². The number of amides is 2. The topological polar surface area (TPSA) is 153 Å². The lowest BCUT2D eigenvalue weighted by Gasteiger charge is -2.42. The molecule has 2 bridgehead atoms. The number of ketones is 1. The fourth-order valence-electron chi connectivity index (χ4n) is 8.21. The minimum atomic E-state index is -0.180. The molecule has 3 aromatic rings. The van der Waals surface area contributed by atoms with Gasteiger partial charge in [-0.2, -0.15) is 0 Å². The van der Waals surface area contributed by atoms with E-state index in [9.17, 15) is 14.4 Å². The van der Waals surface area contributed by atoms with E-state index in [1.54, 1.807) is 0 Å². The minimum Gasteiger partial charge on any atom is -0.352 e. The number of benzene rings is 3. The molecule has 8 nitrogen and oxygen atoms in total. The summed E-state index contributed by atoms with van der Waals surface area (Å²) < 4.78 is 0. The zero-order chi connectivity index (χ0) is 37.4. The molecular weight excluding hydrogens is 659 g/mol. The molecule has 3 aliphatic carbocycles. The minimum absolute atomic E-state index is 0.0334. The van der Waals surface area contributed by atoms with Crippen LogP contribution in [-0.2, 0) is 0 Å². The number of nitrogens with two attached hydrogens (primary N) is 3. The first-order valence-corrected chi connectivity index (χ1v) is 20.6. The lowest BCUT2D eigenvalue weighted by molar-refractivity contribution is 0.0944. The zero-order valence-corrected chi connectivity index (χ0v) is 31.9. The van der Waals surface area contributed by atoms with Gasteiger partial charge in [0.05, 0.1) is 0 Å². The van der Waals surface area contributed by atoms with Gasteiger partial charge >= 0.3 is 0 Å². The molecule has 0 atom stereocenters. The highest BCUT2D eigenvalue weighted by Gasteiger charge is 2.42. The summed E-state index contributed by atoms with van der Waals surface area (Å²) >= 11 is 0. The van der Waals surface area contributed by atoms with E-state index in [4.69, 9.17) is 17.2 Å². The molecule has 3 aromatic carbocycles. The van der Waals surface area contributed by atoms with E-state index in [0.29, 0.717) is 30.6 Å². The van der Waals surface area contributed by atoms with Gasteiger partial charge in [-0.15, -0.1) is 0 Å². The standard InChI is InChI=1S/C45H63N5O3/c46-24-12-6-2-1-5-11-17-41(51)32-18-21-35-38(29-32)43-39-30-33(44(52)49-27-15-9-3-7-13-25-47)19-22-36(39)42(35)37-23-20-34(31-40(37)43)45(53)50-28-16-10-4-8-14-26-48/h18-23,29-31,42-43H,1-17,24-28,46-48H2,(H,49,52)(H,50,53). The summed E-state index contributed by atoms with van der Waals surface area (Å²) in [4.78, 5) is 40.3. The van der Waals surface area contributed by atoms with Crippen molar-refractivity contribution in [3.05, 3.63) is 105 Å². The van der Waals surface area contributed by atoms with Gasteiger partial charge in [0.2, 0.25) is 0 Å². The van der Waals surface area contributed by atoms with E-state index in [1.807, 2.05) is 30.3 Å². The summed E-state index contributed by atoms with van der Waals surface area (Å²) in [7, 11) is 0. The Hall–Kier alpha value is -3.85. The molecule has 0 saturated heterocycles. The van der Waals surface area contributed by atoms with Crippen molar-refractivity contribution in [2.45, 2.75) is 121 Å². The Morgan fingerprint density at radius 1 is 0.415 bits per heavy atom. The number of hydrogen-bond acceptors (Lipinski definition) is 6. The Kier molecular flexibility index (Phi) is 16.1. The van der Waals surface area contributed by atoms with Crippen LogP contribution in [0.25, 0.3) is 0 Å². The fraction of sp³-hybridized carbons (Fsp3) is 0.533. The van der Waals surface area contributed by atoms with Crippen molar-refractivity contribution >= 4 is 17.6 Å². The number of hydrogen-bond donors (Lipinski definition) is 5. The van der Waals surface area contributed by atoms with Crippen molar-refractivity contribution in [3.8, 4) is 0 Å². The first-order chi connectivity index (χ1) is 26.0. The number of nitrogens with one attached hydrogen (secondary N) is 2. The predicted octanol–water partition coefficient (Wildman–Crippen LogP) is 7.82. The molecule has 8 heteroatoms. The van der Waals surface area contributed by atoms with Crippen LogP contribution in [0.15, 0.2) is 54.6 Å². The monoisotopic (exact) mass is 721 g/mol. The van der Waals surface area contributed by atoms with Crippen LogP contribution < -0.4 is 27.8 Å². The zero-order valence-electron chi connectivity index (χ0n) is 31.9. The smallest absolute Gasteiger partial charge is 0.251 e. The molecule has 0 saturated carbocycles. The molecule has 53 heavy (non-hydrogen) atoms. The molecule has 0 radical (unpaired) electrons. The third-order valence-corrected chi connectivity index (χ3v) is 11.2. The van der Waals surface area contributed by atoms with E-state index in [-0.39, 0.29) is 29.4 Å². The van der Waals surface area contributed by atoms with Gasteiger partial charge in [-0.05, 0) is 122 Å². The molecule has 0 aromatic heterocycles. The molecule has 286 valence electrons. The lowest BCUT2D eigenvalue weighted by atomic mass is 9.60. The van der Waals surface area contributed by atoms with E-state index in [2.05, 4.69) is 34.9 Å². The van der Waals surface area contributed by atoms with Gasteiger partial charge in [0.15, 0.2) is 5.78 Å². The maximum atomic E-state index is 13.5. The third-order valence-electron chi connectivity index (χ3n) is 11.2. The van der Waals surface area contributed by atoms with Crippen molar-refractivity contribution in [2.75, 3.05) is 32.7 Å². The predicted molar refractivity (Wildman–Crippen MR) is 216 cm³/mol. The summed E-state index contributed by atoms with van der Waals surface area (Å²) in [5, 5.41) is 6.26. The maximum Gasteiger partial charge on any atom is 0.251 e. The van der Waals surface area contributed by atoms with Crippen LogP contribution >= 0.6 is 0 Å². The Labute approximate surface area is 317 Å². The van der Waals surface area contributed by atoms with Crippen molar-refractivity contribution in [2.24, 2.45) is 17.2 Å². The Morgan fingerprint density at radius 2 is 0.755 bits per heavy atom. The Bertz CT molecular complexity index is 1480. The van der Waals surface area contributed by atoms with Gasteiger partial charge in [-0.3, -0.25) is 14.4 Å². The second-order valence-electron chi connectivity index (χ2n) is 15.1. The summed E-state index contributed by atoms with van der Waals surface area (Å²) in [5.41, 5.74) is 25.7. The quantitative estimate of drug-likeness (QED) is 0.0306. The van der Waals surface area contributed by atoms with E-state index >= 15 is 0 Å². The van der Waals surface area contributed by atoms with Crippen LogP contribution in [0.4, 0.5) is 0 Å². The van der Waals surface area contributed by atoms with E-state index in [1.165, 1.54) is 16.7 Å². The van der Waals surface area contributed by atoms with Crippen LogP contribution in [0.3, 0.4) is 0 Å². The molecule has 3 aliphatic rings. The second-order valence-corrected chi connectivity index (χ2v) is 15.1. The van der Waals surface area contributed by atoms with Gasteiger partial charge in [-0.1, -0.05) is 88.5 Å². The number of rotatable bonds is 25. The number of carbonyl (C=O) groups excluding carboxylic acids is 3. The third kappa shape index (κ3) is 10.6. The van der Waals surface area contributed by atoms with E-state index < -0.39 is 0 Å².